The first-order valence-corrected chi connectivity index (χ1v) is 8.16. The molecule has 0 saturated carbocycles. The lowest BCUT2D eigenvalue weighted by Gasteiger charge is -2.24. The number of likely N-dealkylation sites (tertiary alicyclic amines) is 1. The molecule has 1 fully saturated rings. The lowest BCUT2D eigenvalue weighted by Crippen LogP contribution is -2.35. The number of rotatable bonds is 4. The van der Waals surface area contributed by atoms with E-state index in [-0.39, 0.29) is 0 Å². The molecule has 0 aromatic heterocycles. The Balaban J connectivity index is 1.63. The van der Waals surface area contributed by atoms with E-state index in [9.17, 15) is 5.11 Å². The minimum Gasteiger partial charge on any atom is -0.388 e. The van der Waals surface area contributed by atoms with Gasteiger partial charge >= 0.3 is 0 Å². The van der Waals surface area contributed by atoms with Crippen LogP contribution in [0.3, 0.4) is 0 Å². The first-order chi connectivity index (χ1) is 10.5. The number of halogens is 1. The fourth-order valence-electron chi connectivity index (χ4n) is 3.26. The second kappa shape index (κ2) is 6.41. The molecule has 0 aliphatic carbocycles. The third-order valence-electron chi connectivity index (χ3n) is 4.42. The standard InChI is InChI=1S/C19H22ClNO/c1-15-11-17(7-8-18(15)20)12-19(22)9-10-21(14-19)13-16-5-3-2-4-6-16/h2-8,11,22H,9-10,12-14H2,1H3. The second-order valence-corrected chi connectivity index (χ2v) is 6.84. The molecule has 0 bridgehead atoms. The Kier molecular flexibility index (Phi) is 4.53. The van der Waals surface area contributed by atoms with Crippen LogP contribution in [0, 0.1) is 6.92 Å². The third kappa shape index (κ3) is 3.70. The molecule has 1 saturated heterocycles. The van der Waals surface area contributed by atoms with E-state index in [1.807, 2.05) is 25.1 Å². The number of hydrogen-bond acceptors (Lipinski definition) is 2. The normalized spacial score (nSPS) is 22.1. The molecule has 0 radical (unpaired) electrons. The molecule has 1 N–H and O–H groups in total. The first kappa shape index (κ1) is 15.5. The number of aliphatic hydroxyl groups is 1. The fourth-order valence-corrected chi connectivity index (χ4v) is 3.38. The van der Waals surface area contributed by atoms with Crippen LogP contribution in [0.5, 0.6) is 0 Å². The van der Waals surface area contributed by atoms with Crippen LogP contribution in [0.2, 0.25) is 5.02 Å². The van der Waals surface area contributed by atoms with Crippen molar-refractivity contribution in [3.63, 3.8) is 0 Å². The van der Waals surface area contributed by atoms with E-state index in [1.54, 1.807) is 0 Å². The zero-order valence-electron chi connectivity index (χ0n) is 12.9. The largest absolute Gasteiger partial charge is 0.388 e. The van der Waals surface area contributed by atoms with Gasteiger partial charge in [0.15, 0.2) is 0 Å². The van der Waals surface area contributed by atoms with Gasteiger partial charge in [-0.3, -0.25) is 4.90 Å². The van der Waals surface area contributed by atoms with E-state index < -0.39 is 5.60 Å². The van der Waals surface area contributed by atoms with Gasteiger partial charge in [0, 0.05) is 31.1 Å². The molecule has 22 heavy (non-hydrogen) atoms. The van der Waals surface area contributed by atoms with Crippen molar-refractivity contribution in [3.8, 4) is 0 Å². The maximum Gasteiger partial charge on any atom is 0.0826 e. The highest BCUT2D eigenvalue weighted by molar-refractivity contribution is 6.31. The second-order valence-electron chi connectivity index (χ2n) is 6.43. The molecule has 3 heteroatoms. The monoisotopic (exact) mass is 315 g/mol. The van der Waals surface area contributed by atoms with Crippen LogP contribution >= 0.6 is 11.6 Å². The highest BCUT2D eigenvalue weighted by Gasteiger charge is 2.35. The van der Waals surface area contributed by atoms with Crippen molar-refractivity contribution in [1.82, 2.24) is 4.90 Å². The molecular formula is C19H22ClNO. The van der Waals surface area contributed by atoms with Crippen LogP contribution in [-0.2, 0) is 13.0 Å². The number of hydrogen-bond donors (Lipinski definition) is 1. The minimum atomic E-state index is -0.630. The van der Waals surface area contributed by atoms with Gasteiger partial charge < -0.3 is 5.11 Å². The summed E-state index contributed by atoms with van der Waals surface area (Å²) < 4.78 is 0. The van der Waals surface area contributed by atoms with Gasteiger partial charge in [-0.25, -0.2) is 0 Å². The molecule has 1 aliphatic heterocycles. The van der Waals surface area contributed by atoms with Crippen molar-refractivity contribution < 1.29 is 5.11 Å². The molecule has 0 spiro atoms. The van der Waals surface area contributed by atoms with Crippen LogP contribution in [0.25, 0.3) is 0 Å². The summed E-state index contributed by atoms with van der Waals surface area (Å²) in [5, 5.41) is 11.7. The molecule has 1 heterocycles. The zero-order valence-corrected chi connectivity index (χ0v) is 13.7. The van der Waals surface area contributed by atoms with E-state index in [1.165, 1.54) is 5.56 Å². The number of benzene rings is 2. The van der Waals surface area contributed by atoms with Crippen LogP contribution < -0.4 is 0 Å². The average Bonchev–Trinajstić information content (AvgIpc) is 2.85. The first-order valence-electron chi connectivity index (χ1n) is 7.78. The molecule has 3 rings (SSSR count). The maximum atomic E-state index is 10.9. The SMILES string of the molecule is Cc1cc(CC2(O)CCN(Cc3ccccc3)C2)ccc1Cl. The summed E-state index contributed by atoms with van der Waals surface area (Å²) in [6, 6.07) is 16.5. The topological polar surface area (TPSA) is 23.5 Å². The van der Waals surface area contributed by atoms with Crippen molar-refractivity contribution in [2.45, 2.75) is 31.9 Å². The van der Waals surface area contributed by atoms with E-state index in [0.29, 0.717) is 6.42 Å². The van der Waals surface area contributed by atoms with E-state index in [0.717, 1.165) is 42.2 Å². The predicted molar refractivity (Wildman–Crippen MR) is 91.2 cm³/mol. The summed E-state index contributed by atoms with van der Waals surface area (Å²) in [7, 11) is 0. The molecule has 2 aromatic rings. The van der Waals surface area contributed by atoms with Gasteiger partial charge in [-0.05, 0) is 36.1 Å². The summed E-state index contributed by atoms with van der Waals surface area (Å²) in [4.78, 5) is 2.33. The van der Waals surface area contributed by atoms with Gasteiger partial charge in [-0.2, -0.15) is 0 Å². The Morgan fingerprint density at radius 3 is 2.64 bits per heavy atom. The van der Waals surface area contributed by atoms with E-state index >= 15 is 0 Å². The Hall–Kier alpha value is -1.35. The summed E-state index contributed by atoms with van der Waals surface area (Å²) in [6.07, 6.45) is 1.51. The highest BCUT2D eigenvalue weighted by atomic mass is 35.5. The van der Waals surface area contributed by atoms with Crippen molar-refractivity contribution >= 4 is 11.6 Å². The molecule has 116 valence electrons. The smallest absolute Gasteiger partial charge is 0.0826 e. The minimum absolute atomic E-state index is 0.630. The molecule has 1 unspecified atom stereocenters. The van der Waals surface area contributed by atoms with Gasteiger partial charge in [0.25, 0.3) is 0 Å². The Labute approximate surface area is 137 Å². The van der Waals surface area contributed by atoms with Gasteiger partial charge in [-0.15, -0.1) is 0 Å². The van der Waals surface area contributed by atoms with Crippen molar-refractivity contribution in [2.24, 2.45) is 0 Å². The Morgan fingerprint density at radius 2 is 1.91 bits per heavy atom. The zero-order chi connectivity index (χ0) is 15.6. The summed E-state index contributed by atoms with van der Waals surface area (Å²) in [5.74, 6) is 0. The van der Waals surface area contributed by atoms with Crippen molar-refractivity contribution in [3.05, 3.63) is 70.2 Å². The number of aryl methyl sites for hydroxylation is 1. The van der Waals surface area contributed by atoms with E-state index in [2.05, 4.69) is 35.2 Å². The molecule has 0 amide bonds. The molecule has 1 aliphatic rings. The van der Waals surface area contributed by atoms with Crippen LogP contribution in [-0.4, -0.2) is 28.7 Å². The van der Waals surface area contributed by atoms with Crippen LogP contribution in [0.15, 0.2) is 48.5 Å². The molecule has 1 atom stereocenters. The Morgan fingerprint density at radius 1 is 1.14 bits per heavy atom. The maximum absolute atomic E-state index is 10.9. The fraction of sp³-hybridized carbons (Fsp3) is 0.368. The van der Waals surface area contributed by atoms with Crippen LogP contribution in [0.1, 0.15) is 23.1 Å². The number of nitrogens with zero attached hydrogens (tertiary/aromatic N) is 1. The van der Waals surface area contributed by atoms with E-state index in [4.69, 9.17) is 11.6 Å². The lowest BCUT2D eigenvalue weighted by atomic mass is 9.93. The van der Waals surface area contributed by atoms with Crippen LogP contribution in [0.4, 0.5) is 0 Å². The van der Waals surface area contributed by atoms with Gasteiger partial charge in [0.1, 0.15) is 0 Å². The van der Waals surface area contributed by atoms with Crippen molar-refractivity contribution in [2.75, 3.05) is 13.1 Å². The van der Waals surface area contributed by atoms with Gasteiger partial charge in [0.2, 0.25) is 0 Å². The quantitative estimate of drug-likeness (QED) is 0.927. The lowest BCUT2D eigenvalue weighted by molar-refractivity contribution is 0.0488. The average molecular weight is 316 g/mol. The number of β-amino-alcohol motifs (C(OH)–C–C–N with tert-alkyl or cyclic N) is 1. The predicted octanol–water partition coefficient (Wildman–Crippen LogP) is 3.83. The molecule has 2 nitrogen and oxygen atoms in total. The highest BCUT2D eigenvalue weighted by Crippen LogP contribution is 2.28. The summed E-state index contributed by atoms with van der Waals surface area (Å²) in [6.45, 7) is 4.58. The third-order valence-corrected chi connectivity index (χ3v) is 4.84. The Bertz CT molecular complexity index is 643. The van der Waals surface area contributed by atoms with Crippen molar-refractivity contribution in [1.29, 1.82) is 0 Å². The summed E-state index contributed by atoms with van der Waals surface area (Å²) in [5.41, 5.74) is 2.90. The van der Waals surface area contributed by atoms with Gasteiger partial charge in [0.05, 0.1) is 5.60 Å². The molecular weight excluding hydrogens is 294 g/mol. The van der Waals surface area contributed by atoms with Gasteiger partial charge in [-0.1, -0.05) is 54.1 Å². The summed E-state index contributed by atoms with van der Waals surface area (Å²) >= 11 is 6.07. The molecule has 2 aromatic carbocycles.